The van der Waals surface area contributed by atoms with Crippen LogP contribution in [0.15, 0.2) is 71.8 Å². The first-order valence-electron chi connectivity index (χ1n) is 12.7. The first-order chi connectivity index (χ1) is 20.6. The van der Waals surface area contributed by atoms with Gasteiger partial charge in [0.25, 0.3) is 5.91 Å². The highest BCUT2D eigenvalue weighted by atomic mass is 35.5. The molecule has 1 atom stereocenters. The minimum atomic E-state index is -4.80. The molecule has 1 amide bonds. The Kier molecular flexibility index (Phi) is 7.22. The number of phenolic OH excluding ortho intramolecular Hbond substituents is 1. The van der Waals surface area contributed by atoms with Crippen LogP contribution in [0.2, 0.25) is 4.34 Å². The lowest BCUT2D eigenvalue weighted by Crippen LogP contribution is -2.27. The summed E-state index contributed by atoms with van der Waals surface area (Å²) in [6.07, 6.45) is -4.62. The molecule has 0 saturated carbocycles. The Hall–Kier alpha value is -4.62. The van der Waals surface area contributed by atoms with Crippen LogP contribution in [-0.2, 0) is 6.18 Å². The Morgan fingerprint density at radius 1 is 1.07 bits per heavy atom. The summed E-state index contributed by atoms with van der Waals surface area (Å²) in [6, 6.07) is 16.0. The van der Waals surface area contributed by atoms with Gasteiger partial charge in [0, 0.05) is 29.7 Å². The van der Waals surface area contributed by atoms with E-state index in [1.807, 2.05) is 0 Å². The van der Waals surface area contributed by atoms with E-state index in [0.29, 0.717) is 42.1 Å². The van der Waals surface area contributed by atoms with E-state index in [2.05, 4.69) is 15.2 Å². The van der Waals surface area contributed by atoms with Gasteiger partial charge in [0.1, 0.15) is 17.2 Å². The first-order valence-corrected chi connectivity index (χ1v) is 13.9. The highest BCUT2D eigenvalue weighted by molar-refractivity contribution is 7.19. The molecule has 1 aliphatic heterocycles. The standard InChI is InChI=1S/C29H21ClF3N5O4S/c1-41-15-7-8-16(23(11-15)42-2)18-12-21(17-5-3-4-6-22(17)39)37(35-18)28(40)20-14-27-34-19(24-9-10-26(30)43-24)13-25(29(31,32)33)38(27)36-20/h3-11,13-14,21,39H,12H2,1-2H3/t21-/m0/s1. The zero-order chi connectivity index (χ0) is 30.5. The van der Waals surface area contributed by atoms with Gasteiger partial charge in [0.2, 0.25) is 0 Å². The molecule has 2 aromatic carbocycles. The predicted octanol–water partition coefficient (Wildman–Crippen LogP) is 6.84. The van der Waals surface area contributed by atoms with Gasteiger partial charge in [-0.25, -0.2) is 14.5 Å². The maximum atomic E-state index is 14.1. The molecule has 14 heteroatoms. The fourth-order valence-electron chi connectivity index (χ4n) is 4.89. The van der Waals surface area contributed by atoms with Gasteiger partial charge < -0.3 is 14.6 Å². The summed E-state index contributed by atoms with van der Waals surface area (Å²) < 4.78 is 54.2. The van der Waals surface area contributed by atoms with Gasteiger partial charge in [-0.3, -0.25) is 4.79 Å². The largest absolute Gasteiger partial charge is 0.508 e. The van der Waals surface area contributed by atoms with Gasteiger partial charge in [-0.2, -0.15) is 23.4 Å². The minimum Gasteiger partial charge on any atom is -0.508 e. The highest BCUT2D eigenvalue weighted by Crippen LogP contribution is 2.40. The number of carbonyl (C=O) groups is 1. The van der Waals surface area contributed by atoms with Gasteiger partial charge in [-0.05, 0) is 36.4 Å². The third kappa shape index (κ3) is 5.25. The molecule has 0 radical (unpaired) electrons. The summed E-state index contributed by atoms with van der Waals surface area (Å²) in [5, 5.41) is 20.4. The second-order valence-electron chi connectivity index (χ2n) is 9.47. The molecule has 0 spiro atoms. The van der Waals surface area contributed by atoms with Crippen molar-refractivity contribution < 1.29 is 32.5 Å². The number of phenols is 1. The van der Waals surface area contributed by atoms with Gasteiger partial charge in [0.15, 0.2) is 17.0 Å². The van der Waals surface area contributed by atoms with E-state index < -0.39 is 23.8 Å². The zero-order valence-corrected chi connectivity index (χ0v) is 24.0. The van der Waals surface area contributed by atoms with Crippen molar-refractivity contribution in [2.24, 2.45) is 5.10 Å². The van der Waals surface area contributed by atoms with Crippen molar-refractivity contribution >= 4 is 40.2 Å². The van der Waals surface area contributed by atoms with Crippen LogP contribution < -0.4 is 9.47 Å². The van der Waals surface area contributed by atoms with Crippen molar-refractivity contribution in [1.29, 1.82) is 0 Å². The monoisotopic (exact) mass is 627 g/mol. The number of rotatable bonds is 6. The molecular formula is C29H21ClF3N5O4S. The number of benzene rings is 2. The SMILES string of the molecule is COc1ccc(C2=NN(C(=O)c3cc4nc(-c5ccc(Cl)s5)cc(C(F)(F)F)n4n3)[C@H](c3ccccc3O)C2)c(OC)c1. The summed E-state index contributed by atoms with van der Waals surface area (Å²) in [5.74, 6) is 0.136. The number of methoxy groups -OCH3 is 2. The van der Waals surface area contributed by atoms with E-state index in [1.165, 1.54) is 26.4 Å². The number of nitrogens with zero attached hydrogens (tertiary/aromatic N) is 5. The number of fused-ring (bicyclic) bond motifs is 1. The summed E-state index contributed by atoms with van der Waals surface area (Å²) in [5.41, 5.74) is -0.136. The van der Waals surface area contributed by atoms with Crippen molar-refractivity contribution in [2.75, 3.05) is 14.2 Å². The molecular weight excluding hydrogens is 607 g/mol. The van der Waals surface area contributed by atoms with E-state index in [-0.39, 0.29) is 29.2 Å². The number of hydrogen-bond donors (Lipinski definition) is 1. The van der Waals surface area contributed by atoms with Crippen molar-refractivity contribution in [3.05, 3.63) is 93.6 Å². The number of thiophene rings is 1. The lowest BCUT2D eigenvalue weighted by molar-refractivity contribution is -0.142. The molecule has 0 saturated heterocycles. The Balaban J connectivity index is 1.47. The summed E-state index contributed by atoms with van der Waals surface area (Å²) in [7, 11) is 3.00. The molecule has 3 aromatic heterocycles. The second kappa shape index (κ2) is 10.9. The number of aromatic nitrogens is 3. The summed E-state index contributed by atoms with van der Waals surface area (Å²) >= 11 is 7.07. The number of hydrogen-bond acceptors (Lipinski definition) is 8. The van der Waals surface area contributed by atoms with E-state index in [0.717, 1.165) is 22.4 Å². The smallest absolute Gasteiger partial charge is 0.433 e. The molecule has 1 aliphatic rings. The van der Waals surface area contributed by atoms with Gasteiger partial charge in [0.05, 0.1) is 40.9 Å². The molecule has 4 heterocycles. The number of para-hydroxylation sites is 1. The van der Waals surface area contributed by atoms with Crippen molar-refractivity contribution in [1.82, 2.24) is 19.6 Å². The van der Waals surface area contributed by atoms with Crippen LogP contribution in [0.25, 0.3) is 16.2 Å². The summed E-state index contributed by atoms with van der Waals surface area (Å²) in [4.78, 5) is 18.7. The molecule has 220 valence electrons. The average Bonchev–Trinajstić information content (AvgIpc) is 3.74. The zero-order valence-electron chi connectivity index (χ0n) is 22.5. The second-order valence-corrected chi connectivity index (χ2v) is 11.2. The number of carbonyl (C=O) groups excluding carboxylic acids is 1. The molecule has 43 heavy (non-hydrogen) atoms. The van der Waals surface area contributed by atoms with Crippen LogP contribution >= 0.6 is 22.9 Å². The normalized spacial score (nSPS) is 15.2. The quantitative estimate of drug-likeness (QED) is 0.221. The number of alkyl halides is 3. The fourth-order valence-corrected chi connectivity index (χ4v) is 5.89. The molecule has 0 unspecified atom stereocenters. The lowest BCUT2D eigenvalue weighted by Gasteiger charge is -2.21. The third-order valence-electron chi connectivity index (χ3n) is 6.90. The van der Waals surface area contributed by atoms with Gasteiger partial charge >= 0.3 is 6.18 Å². The van der Waals surface area contributed by atoms with Crippen LogP contribution in [0.1, 0.15) is 39.8 Å². The van der Waals surface area contributed by atoms with E-state index >= 15 is 0 Å². The van der Waals surface area contributed by atoms with Gasteiger partial charge in [-0.1, -0.05) is 29.8 Å². The van der Waals surface area contributed by atoms with Crippen molar-refractivity contribution in [2.45, 2.75) is 18.6 Å². The lowest BCUT2D eigenvalue weighted by atomic mass is 9.97. The number of amides is 1. The summed E-state index contributed by atoms with van der Waals surface area (Å²) in [6.45, 7) is 0. The van der Waals surface area contributed by atoms with Crippen LogP contribution in [-0.4, -0.2) is 50.6 Å². The van der Waals surface area contributed by atoms with Gasteiger partial charge in [-0.15, -0.1) is 11.3 Å². The molecule has 0 aliphatic carbocycles. The van der Waals surface area contributed by atoms with Crippen LogP contribution in [0, 0.1) is 0 Å². The molecule has 6 rings (SSSR count). The van der Waals surface area contributed by atoms with E-state index in [9.17, 15) is 23.1 Å². The van der Waals surface area contributed by atoms with E-state index in [1.54, 1.807) is 48.5 Å². The van der Waals surface area contributed by atoms with Crippen LogP contribution in [0.4, 0.5) is 13.2 Å². The predicted molar refractivity (Wildman–Crippen MR) is 154 cm³/mol. The first kappa shape index (κ1) is 28.5. The Morgan fingerprint density at radius 3 is 2.53 bits per heavy atom. The maximum Gasteiger partial charge on any atom is 0.433 e. The number of hydrazone groups is 1. The third-order valence-corrected chi connectivity index (χ3v) is 8.15. The number of ether oxygens (including phenoxy) is 2. The average molecular weight is 628 g/mol. The van der Waals surface area contributed by atoms with Crippen molar-refractivity contribution in [3.8, 4) is 27.8 Å². The molecule has 5 aromatic rings. The highest BCUT2D eigenvalue weighted by Gasteiger charge is 2.39. The fraction of sp³-hybridized carbons (Fsp3) is 0.172. The number of aromatic hydroxyl groups is 1. The maximum absolute atomic E-state index is 14.1. The van der Waals surface area contributed by atoms with Crippen molar-refractivity contribution in [3.63, 3.8) is 0 Å². The molecule has 0 bridgehead atoms. The Labute approximate surface area is 251 Å². The Morgan fingerprint density at radius 2 is 1.86 bits per heavy atom. The minimum absolute atomic E-state index is 0.0378. The molecule has 9 nitrogen and oxygen atoms in total. The van der Waals surface area contributed by atoms with E-state index in [4.69, 9.17) is 21.1 Å². The molecule has 1 N–H and O–H groups in total. The molecule has 0 fully saturated rings. The number of halogens is 4. The topological polar surface area (TPSA) is 102 Å². The van der Waals surface area contributed by atoms with Crippen LogP contribution in [0.3, 0.4) is 0 Å². The Bertz CT molecular complexity index is 1900. The van der Waals surface area contributed by atoms with Crippen LogP contribution in [0.5, 0.6) is 17.2 Å².